The fourth-order valence-electron chi connectivity index (χ4n) is 3.67. The highest BCUT2D eigenvalue weighted by atomic mass is 16.5. The maximum absolute atomic E-state index is 13.0. The summed E-state index contributed by atoms with van der Waals surface area (Å²) >= 11 is 0. The van der Waals surface area contributed by atoms with Gasteiger partial charge in [-0.3, -0.25) is 9.48 Å². The summed E-state index contributed by atoms with van der Waals surface area (Å²) in [6.07, 6.45) is 8.78. The Labute approximate surface area is 155 Å². The molecule has 3 heterocycles. The Morgan fingerprint density at radius 2 is 2.23 bits per heavy atom. The van der Waals surface area contributed by atoms with Crippen LogP contribution in [0.3, 0.4) is 0 Å². The third-order valence-electron chi connectivity index (χ3n) is 4.99. The highest BCUT2D eigenvalue weighted by Crippen LogP contribution is 2.27. The molecule has 1 amide bonds. The van der Waals surface area contributed by atoms with Crippen molar-refractivity contribution in [1.29, 1.82) is 0 Å². The second-order valence-corrected chi connectivity index (χ2v) is 6.95. The van der Waals surface area contributed by atoms with Crippen LogP contribution in [-0.4, -0.2) is 56.9 Å². The van der Waals surface area contributed by atoms with Crippen molar-refractivity contribution in [3.05, 3.63) is 35.7 Å². The monoisotopic (exact) mass is 359 g/mol. The van der Waals surface area contributed by atoms with E-state index in [2.05, 4.69) is 21.6 Å². The number of likely N-dealkylation sites (tertiary alicyclic amines) is 1. The Morgan fingerprint density at radius 3 is 3.00 bits per heavy atom. The molecule has 0 aromatic carbocycles. The molecule has 26 heavy (non-hydrogen) atoms. The fourth-order valence-corrected chi connectivity index (χ4v) is 3.67. The molecule has 2 aromatic rings. The molecule has 0 spiro atoms. The van der Waals surface area contributed by atoms with Crippen LogP contribution in [0.2, 0.25) is 0 Å². The number of nitrogens with zero attached hydrogens (tertiary/aromatic N) is 5. The first-order valence-electron chi connectivity index (χ1n) is 9.47. The van der Waals surface area contributed by atoms with Crippen molar-refractivity contribution >= 4 is 5.91 Å². The van der Waals surface area contributed by atoms with Gasteiger partial charge in [0.2, 0.25) is 0 Å². The number of aromatic nitrogens is 4. The molecule has 1 aliphatic heterocycles. The largest absolute Gasteiger partial charge is 0.383 e. The van der Waals surface area contributed by atoms with E-state index < -0.39 is 0 Å². The lowest BCUT2D eigenvalue weighted by atomic mass is 9.96. The summed E-state index contributed by atoms with van der Waals surface area (Å²) in [5.41, 5.74) is 1.54. The van der Waals surface area contributed by atoms with Gasteiger partial charge in [-0.05, 0) is 26.2 Å². The van der Waals surface area contributed by atoms with Crippen LogP contribution in [0.5, 0.6) is 0 Å². The zero-order valence-corrected chi connectivity index (χ0v) is 16.0. The molecule has 1 saturated heterocycles. The first kappa shape index (κ1) is 18.6. The molecule has 0 aliphatic carbocycles. The van der Waals surface area contributed by atoms with Crippen LogP contribution in [0.25, 0.3) is 0 Å². The molecule has 0 N–H and O–H groups in total. The van der Waals surface area contributed by atoms with Gasteiger partial charge in [-0.15, -0.1) is 0 Å². The van der Waals surface area contributed by atoms with Crippen molar-refractivity contribution < 1.29 is 9.53 Å². The van der Waals surface area contributed by atoms with Gasteiger partial charge in [-0.25, -0.2) is 4.98 Å². The maximum atomic E-state index is 13.0. The van der Waals surface area contributed by atoms with Crippen LogP contribution in [-0.2, 0) is 17.8 Å². The summed E-state index contributed by atoms with van der Waals surface area (Å²) in [6.45, 7) is 7.83. The topological polar surface area (TPSA) is 65.2 Å². The second kappa shape index (κ2) is 8.49. The molecule has 0 bridgehead atoms. The highest BCUT2D eigenvalue weighted by molar-refractivity contribution is 5.95. The Morgan fingerprint density at radius 1 is 1.38 bits per heavy atom. The zero-order chi connectivity index (χ0) is 18.5. The van der Waals surface area contributed by atoms with Gasteiger partial charge >= 0.3 is 0 Å². The van der Waals surface area contributed by atoms with E-state index in [9.17, 15) is 4.79 Å². The first-order chi connectivity index (χ1) is 12.6. The van der Waals surface area contributed by atoms with Crippen LogP contribution in [0.4, 0.5) is 0 Å². The van der Waals surface area contributed by atoms with E-state index in [0.29, 0.717) is 13.2 Å². The number of carbonyl (C=O) groups excluding carboxylic acids is 1. The van der Waals surface area contributed by atoms with Crippen molar-refractivity contribution in [1.82, 2.24) is 24.2 Å². The summed E-state index contributed by atoms with van der Waals surface area (Å²) in [5.74, 6) is 1.41. The van der Waals surface area contributed by atoms with Crippen molar-refractivity contribution in [2.75, 3.05) is 26.8 Å². The molecule has 0 unspecified atom stereocenters. The second-order valence-electron chi connectivity index (χ2n) is 6.95. The quantitative estimate of drug-likeness (QED) is 0.762. The van der Waals surface area contributed by atoms with E-state index in [1.165, 1.54) is 0 Å². The summed E-state index contributed by atoms with van der Waals surface area (Å²) in [4.78, 5) is 19.6. The van der Waals surface area contributed by atoms with Gasteiger partial charge in [-0.1, -0.05) is 6.92 Å². The minimum Gasteiger partial charge on any atom is -0.383 e. The van der Waals surface area contributed by atoms with Crippen molar-refractivity contribution in [3.8, 4) is 0 Å². The van der Waals surface area contributed by atoms with Crippen LogP contribution in [0.1, 0.15) is 54.0 Å². The molecular weight excluding hydrogens is 330 g/mol. The van der Waals surface area contributed by atoms with E-state index in [1.807, 2.05) is 35.1 Å². The van der Waals surface area contributed by atoms with Gasteiger partial charge in [0.15, 0.2) is 0 Å². The first-order valence-corrected chi connectivity index (χ1v) is 9.47. The Kier molecular flexibility index (Phi) is 6.08. The molecule has 0 saturated carbocycles. The molecular formula is C19H29N5O2. The minimum atomic E-state index is 0.0875. The van der Waals surface area contributed by atoms with Gasteiger partial charge < -0.3 is 14.2 Å². The number of methoxy groups -OCH3 is 1. The number of aryl methyl sites for hydroxylation is 2. The number of hydrogen-bond acceptors (Lipinski definition) is 4. The number of rotatable bonds is 7. The van der Waals surface area contributed by atoms with E-state index in [-0.39, 0.29) is 11.8 Å². The third-order valence-corrected chi connectivity index (χ3v) is 4.99. The van der Waals surface area contributed by atoms with E-state index in [0.717, 1.165) is 56.0 Å². The van der Waals surface area contributed by atoms with Gasteiger partial charge in [0.25, 0.3) is 5.91 Å². The smallest absolute Gasteiger partial charge is 0.257 e. The van der Waals surface area contributed by atoms with Gasteiger partial charge in [0.1, 0.15) is 5.82 Å². The standard InChI is InChI=1S/C19H29N5O2/c1-4-8-24-14-17(15(2)21-24)19(25)23-9-5-6-16(13-23)18-20-7-10-22(18)11-12-26-3/h7,10,14,16H,4-6,8-9,11-13H2,1-3H3/t16-/m0/s1. The highest BCUT2D eigenvalue weighted by Gasteiger charge is 2.29. The molecule has 1 fully saturated rings. The van der Waals surface area contributed by atoms with Crippen molar-refractivity contribution in [2.24, 2.45) is 0 Å². The van der Waals surface area contributed by atoms with Crippen LogP contribution in [0.15, 0.2) is 18.6 Å². The van der Waals surface area contributed by atoms with Gasteiger partial charge in [0.05, 0.1) is 17.9 Å². The minimum absolute atomic E-state index is 0.0875. The maximum Gasteiger partial charge on any atom is 0.257 e. The number of ether oxygens (including phenoxy) is 1. The molecule has 2 aromatic heterocycles. The Hall–Kier alpha value is -2.15. The summed E-state index contributed by atoms with van der Waals surface area (Å²) in [5, 5.41) is 4.47. The fraction of sp³-hybridized carbons (Fsp3) is 0.632. The third kappa shape index (κ3) is 3.98. The van der Waals surface area contributed by atoms with E-state index in [1.54, 1.807) is 7.11 Å². The average molecular weight is 359 g/mol. The van der Waals surface area contributed by atoms with E-state index >= 15 is 0 Å². The lowest BCUT2D eigenvalue weighted by molar-refractivity contribution is 0.0701. The molecule has 3 rings (SSSR count). The summed E-state index contributed by atoms with van der Waals surface area (Å²) < 4.78 is 9.21. The number of amides is 1. The number of carbonyl (C=O) groups is 1. The van der Waals surface area contributed by atoms with Gasteiger partial charge in [0, 0.05) is 57.8 Å². The molecule has 7 nitrogen and oxygen atoms in total. The van der Waals surface area contributed by atoms with Crippen LogP contribution in [0, 0.1) is 6.92 Å². The molecule has 1 atom stereocenters. The number of imidazole rings is 1. The van der Waals surface area contributed by atoms with Crippen LogP contribution < -0.4 is 0 Å². The molecule has 0 radical (unpaired) electrons. The van der Waals surface area contributed by atoms with E-state index in [4.69, 9.17) is 4.74 Å². The molecule has 142 valence electrons. The zero-order valence-electron chi connectivity index (χ0n) is 16.0. The Balaban J connectivity index is 1.72. The van der Waals surface area contributed by atoms with Crippen molar-refractivity contribution in [3.63, 3.8) is 0 Å². The average Bonchev–Trinajstić information content (AvgIpc) is 3.26. The summed E-state index contributed by atoms with van der Waals surface area (Å²) in [6, 6.07) is 0. The lowest BCUT2D eigenvalue weighted by Gasteiger charge is -2.32. The van der Waals surface area contributed by atoms with Gasteiger partial charge in [-0.2, -0.15) is 5.10 Å². The predicted molar refractivity (Wildman–Crippen MR) is 99.2 cm³/mol. The Bertz CT molecular complexity index is 736. The summed E-state index contributed by atoms with van der Waals surface area (Å²) in [7, 11) is 1.71. The van der Waals surface area contributed by atoms with Crippen molar-refractivity contribution in [2.45, 2.75) is 52.1 Å². The lowest BCUT2D eigenvalue weighted by Crippen LogP contribution is -2.40. The molecule has 7 heteroatoms. The van der Waals surface area contributed by atoms with Crippen LogP contribution >= 0.6 is 0 Å². The SMILES string of the molecule is CCCn1cc(C(=O)N2CCC[C@H](c3nccn3CCOC)C2)c(C)n1. The predicted octanol–water partition coefficient (Wildman–Crippen LogP) is 2.46. The molecule has 1 aliphatic rings. The number of piperidine rings is 1. The normalized spacial score (nSPS) is 17.7. The number of hydrogen-bond donors (Lipinski definition) is 0.